The SMILES string of the molecule is Cc1cc(=O)cc(C(=O)N2CCC[C@@H](c3ncc[nH]3)C2)o1. The van der Waals surface area contributed by atoms with Gasteiger partial charge in [-0.25, -0.2) is 4.98 Å². The van der Waals surface area contributed by atoms with Gasteiger partial charge >= 0.3 is 0 Å². The van der Waals surface area contributed by atoms with Crippen LogP contribution in [0.5, 0.6) is 0 Å². The second-order valence-corrected chi connectivity index (χ2v) is 5.33. The first-order chi connectivity index (χ1) is 10.1. The molecule has 1 aliphatic rings. The van der Waals surface area contributed by atoms with E-state index in [0.29, 0.717) is 18.8 Å². The van der Waals surface area contributed by atoms with Crippen LogP contribution in [0.3, 0.4) is 0 Å². The summed E-state index contributed by atoms with van der Waals surface area (Å²) in [5.74, 6) is 1.44. The highest BCUT2D eigenvalue weighted by Crippen LogP contribution is 2.25. The van der Waals surface area contributed by atoms with Crippen LogP contribution in [0.25, 0.3) is 0 Å². The van der Waals surface area contributed by atoms with Crippen molar-refractivity contribution >= 4 is 5.91 Å². The second-order valence-electron chi connectivity index (χ2n) is 5.33. The van der Waals surface area contributed by atoms with Crippen molar-refractivity contribution in [2.75, 3.05) is 13.1 Å². The minimum atomic E-state index is -0.230. The van der Waals surface area contributed by atoms with Gasteiger partial charge in [0, 0.05) is 43.5 Å². The number of carbonyl (C=O) groups excluding carboxylic acids is 1. The average Bonchev–Trinajstić information content (AvgIpc) is 3.00. The molecule has 1 aliphatic heterocycles. The van der Waals surface area contributed by atoms with Crippen molar-refractivity contribution in [2.24, 2.45) is 0 Å². The van der Waals surface area contributed by atoms with Crippen molar-refractivity contribution in [3.05, 3.63) is 52.1 Å². The van der Waals surface area contributed by atoms with E-state index in [-0.39, 0.29) is 23.0 Å². The quantitative estimate of drug-likeness (QED) is 0.911. The van der Waals surface area contributed by atoms with Crippen molar-refractivity contribution in [1.82, 2.24) is 14.9 Å². The Morgan fingerprint density at radius 1 is 1.48 bits per heavy atom. The predicted molar refractivity (Wildman–Crippen MR) is 76.2 cm³/mol. The molecule has 1 atom stereocenters. The Bertz CT molecular complexity index is 690. The highest BCUT2D eigenvalue weighted by molar-refractivity contribution is 5.91. The summed E-state index contributed by atoms with van der Waals surface area (Å²) in [5, 5.41) is 0. The van der Waals surface area contributed by atoms with E-state index in [1.165, 1.54) is 12.1 Å². The number of aromatic amines is 1. The fourth-order valence-electron chi connectivity index (χ4n) is 2.75. The number of rotatable bonds is 2. The van der Waals surface area contributed by atoms with Crippen LogP contribution in [0.1, 0.15) is 40.9 Å². The van der Waals surface area contributed by atoms with Gasteiger partial charge in [0.05, 0.1) is 0 Å². The minimum absolute atomic E-state index is 0.111. The van der Waals surface area contributed by atoms with Gasteiger partial charge in [0.2, 0.25) is 0 Å². The summed E-state index contributed by atoms with van der Waals surface area (Å²) in [4.78, 5) is 33.1. The molecule has 110 valence electrons. The number of piperidine rings is 1. The zero-order valence-corrected chi connectivity index (χ0v) is 11.8. The minimum Gasteiger partial charge on any atom is -0.456 e. The van der Waals surface area contributed by atoms with E-state index in [1.54, 1.807) is 24.2 Å². The van der Waals surface area contributed by atoms with E-state index in [1.807, 2.05) is 0 Å². The molecule has 2 aromatic rings. The van der Waals surface area contributed by atoms with Gasteiger partial charge in [-0.2, -0.15) is 0 Å². The summed E-state index contributed by atoms with van der Waals surface area (Å²) in [6.07, 6.45) is 5.41. The third-order valence-electron chi connectivity index (χ3n) is 3.72. The summed E-state index contributed by atoms with van der Waals surface area (Å²) in [7, 11) is 0. The molecule has 1 saturated heterocycles. The van der Waals surface area contributed by atoms with Crippen molar-refractivity contribution in [3.63, 3.8) is 0 Å². The summed E-state index contributed by atoms with van der Waals surface area (Å²) < 4.78 is 5.38. The number of aryl methyl sites for hydroxylation is 1. The van der Waals surface area contributed by atoms with Crippen LogP contribution in [-0.2, 0) is 0 Å². The van der Waals surface area contributed by atoms with E-state index < -0.39 is 0 Å². The first kappa shape index (κ1) is 13.6. The maximum atomic E-state index is 12.5. The van der Waals surface area contributed by atoms with Gasteiger partial charge in [-0.15, -0.1) is 0 Å². The van der Waals surface area contributed by atoms with Crippen molar-refractivity contribution in [2.45, 2.75) is 25.7 Å². The molecular formula is C15H17N3O3. The Labute approximate surface area is 121 Å². The van der Waals surface area contributed by atoms with Gasteiger partial charge in [-0.1, -0.05) is 0 Å². The Morgan fingerprint density at radius 2 is 2.33 bits per heavy atom. The van der Waals surface area contributed by atoms with Crippen LogP contribution in [-0.4, -0.2) is 33.9 Å². The molecule has 3 rings (SSSR count). The van der Waals surface area contributed by atoms with Crippen LogP contribution in [0.15, 0.2) is 33.7 Å². The molecule has 0 spiro atoms. The normalized spacial score (nSPS) is 18.7. The third kappa shape index (κ3) is 2.89. The zero-order valence-electron chi connectivity index (χ0n) is 11.8. The summed E-state index contributed by atoms with van der Waals surface area (Å²) >= 11 is 0. The molecule has 1 amide bonds. The molecule has 0 saturated carbocycles. The fraction of sp³-hybridized carbons (Fsp3) is 0.400. The van der Waals surface area contributed by atoms with Crippen LogP contribution in [0.2, 0.25) is 0 Å². The van der Waals surface area contributed by atoms with E-state index in [9.17, 15) is 9.59 Å². The number of likely N-dealkylation sites (tertiary alicyclic amines) is 1. The lowest BCUT2D eigenvalue weighted by Gasteiger charge is -2.31. The lowest BCUT2D eigenvalue weighted by molar-refractivity contribution is 0.0668. The van der Waals surface area contributed by atoms with Crippen molar-refractivity contribution in [3.8, 4) is 0 Å². The molecule has 6 heteroatoms. The van der Waals surface area contributed by atoms with Crippen molar-refractivity contribution < 1.29 is 9.21 Å². The van der Waals surface area contributed by atoms with Gasteiger partial charge in [-0.3, -0.25) is 9.59 Å². The number of aromatic nitrogens is 2. The molecular weight excluding hydrogens is 270 g/mol. The molecule has 0 radical (unpaired) electrons. The van der Waals surface area contributed by atoms with Gasteiger partial charge in [0.15, 0.2) is 11.2 Å². The Kier molecular flexibility index (Phi) is 3.60. The van der Waals surface area contributed by atoms with Crippen LogP contribution >= 0.6 is 0 Å². The smallest absolute Gasteiger partial charge is 0.289 e. The standard InChI is InChI=1S/C15H17N3O3/c1-10-7-12(19)8-13(21-10)15(20)18-6-2-3-11(9-18)14-16-4-5-17-14/h4-5,7-8,11H,2-3,6,9H2,1H3,(H,16,17)/t11-/m1/s1. The topological polar surface area (TPSA) is 79.2 Å². The third-order valence-corrected chi connectivity index (χ3v) is 3.72. The highest BCUT2D eigenvalue weighted by Gasteiger charge is 2.28. The zero-order chi connectivity index (χ0) is 14.8. The lowest BCUT2D eigenvalue weighted by Crippen LogP contribution is -2.39. The van der Waals surface area contributed by atoms with Gasteiger partial charge in [-0.05, 0) is 19.8 Å². The summed E-state index contributed by atoms with van der Waals surface area (Å²) in [6.45, 7) is 2.93. The molecule has 0 aliphatic carbocycles. The number of carbonyl (C=O) groups is 1. The maximum absolute atomic E-state index is 12.5. The Hall–Kier alpha value is -2.37. The first-order valence-electron chi connectivity index (χ1n) is 7.04. The first-order valence-corrected chi connectivity index (χ1v) is 7.04. The predicted octanol–water partition coefficient (Wildman–Crippen LogP) is 1.69. The molecule has 21 heavy (non-hydrogen) atoms. The Morgan fingerprint density at radius 3 is 3.05 bits per heavy atom. The maximum Gasteiger partial charge on any atom is 0.289 e. The Balaban J connectivity index is 1.79. The number of hydrogen-bond donors (Lipinski definition) is 1. The largest absolute Gasteiger partial charge is 0.456 e. The van der Waals surface area contributed by atoms with Gasteiger partial charge in [0.1, 0.15) is 11.6 Å². The molecule has 6 nitrogen and oxygen atoms in total. The van der Waals surface area contributed by atoms with Gasteiger partial charge in [0.25, 0.3) is 5.91 Å². The number of nitrogens with one attached hydrogen (secondary N) is 1. The van der Waals surface area contributed by atoms with E-state index in [0.717, 1.165) is 18.7 Å². The molecule has 1 N–H and O–H groups in total. The van der Waals surface area contributed by atoms with Crippen LogP contribution in [0.4, 0.5) is 0 Å². The number of hydrogen-bond acceptors (Lipinski definition) is 4. The van der Waals surface area contributed by atoms with E-state index >= 15 is 0 Å². The second kappa shape index (κ2) is 5.55. The molecule has 0 bridgehead atoms. The molecule has 3 heterocycles. The van der Waals surface area contributed by atoms with Crippen LogP contribution in [0, 0.1) is 6.92 Å². The average molecular weight is 287 g/mol. The number of amides is 1. The van der Waals surface area contributed by atoms with Crippen molar-refractivity contribution in [1.29, 1.82) is 0 Å². The molecule has 1 fully saturated rings. The monoisotopic (exact) mass is 287 g/mol. The molecule has 0 unspecified atom stereocenters. The van der Waals surface area contributed by atoms with E-state index in [4.69, 9.17) is 4.42 Å². The fourth-order valence-corrected chi connectivity index (χ4v) is 2.75. The number of imidazole rings is 1. The lowest BCUT2D eigenvalue weighted by atomic mass is 9.97. The number of H-pyrrole nitrogens is 1. The number of nitrogens with zero attached hydrogens (tertiary/aromatic N) is 2. The molecule has 2 aromatic heterocycles. The summed E-state index contributed by atoms with van der Waals surface area (Å²) in [5.41, 5.74) is -0.207. The van der Waals surface area contributed by atoms with Crippen LogP contribution < -0.4 is 5.43 Å². The van der Waals surface area contributed by atoms with E-state index in [2.05, 4.69) is 9.97 Å². The molecule has 0 aromatic carbocycles. The van der Waals surface area contributed by atoms with Gasteiger partial charge < -0.3 is 14.3 Å². The highest BCUT2D eigenvalue weighted by atomic mass is 16.3. The summed E-state index contributed by atoms with van der Waals surface area (Å²) in [6, 6.07) is 2.63.